The zero-order valence-corrected chi connectivity index (χ0v) is 12.4. The quantitative estimate of drug-likeness (QED) is 0.891. The van der Waals surface area contributed by atoms with Gasteiger partial charge in [0, 0.05) is 30.9 Å². The number of aromatic nitrogens is 2. The number of nitrogens with one attached hydrogen (secondary N) is 1. The number of rotatable bonds is 3. The second-order valence-corrected chi connectivity index (χ2v) is 6.20. The lowest BCUT2D eigenvalue weighted by atomic mass is 9.79. The zero-order chi connectivity index (χ0) is 13.3. The predicted molar refractivity (Wildman–Crippen MR) is 75.5 cm³/mol. The maximum atomic E-state index is 4.43. The molecule has 1 aliphatic rings. The predicted octanol–water partition coefficient (Wildman–Crippen LogP) is 3.20. The fourth-order valence-corrected chi connectivity index (χ4v) is 3.19. The fraction of sp³-hybridized carbons (Fsp3) is 0.800. The molecule has 102 valence electrons. The second-order valence-electron chi connectivity index (χ2n) is 6.20. The molecule has 0 saturated heterocycles. The van der Waals surface area contributed by atoms with Gasteiger partial charge >= 0.3 is 0 Å². The monoisotopic (exact) mass is 249 g/mol. The molecule has 1 aliphatic carbocycles. The van der Waals surface area contributed by atoms with Crippen LogP contribution in [0.4, 0.5) is 0 Å². The number of aryl methyl sites for hydroxylation is 2. The Hall–Kier alpha value is -0.830. The zero-order valence-electron chi connectivity index (χ0n) is 12.4. The van der Waals surface area contributed by atoms with Crippen LogP contribution in [-0.4, -0.2) is 15.8 Å². The van der Waals surface area contributed by atoms with E-state index >= 15 is 0 Å². The molecule has 18 heavy (non-hydrogen) atoms. The highest BCUT2D eigenvalue weighted by atomic mass is 15.3. The Kier molecular flexibility index (Phi) is 4.10. The summed E-state index contributed by atoms with van der Waals surface area (Å²) in [6.45, 7) is 9.12. The summed E-state index contributed by atoms with van der Waals surface area (Å²) in [7, 11) is 1.99. The molecule has 1 fully saturated rings. The first-order valence-electron chi connectivity index (χ1n) is 7.23. The smallest absolute Gasteiger partial charge is 0.0641 e. The van der Waals surface area contributed by atoms with E-state index in [9.17, 15) is 0 Å². The van der Waals surface area contributed by atoms with Gasteiger partial charge in [0.05, 0.1) is 5.69 Å². The minimum atomic E-state index is 0.407. The molecule has 3 nitrogen and oxygen atoms in total. The molecule has 2 rings (SSSR count). The highest BCUT2D eigenvalue weighted by Gasteiger charge is 2.26. The topological polar surface area (TPSA) is 29.9 Å². The van der Waals surface area contributed by atoms with Gasteiger partial charge in [0.2, 0.25) is 0 Å². The molecule has 0 radical (unpaired) electrons. The van der Waals surface area contributed by atoms with Gasteiger partial charge in [-0.15, -0.1) is 0 Å². The fourth-order valence-electron chi connectivity index (χ4n) is 3.19. The largest absolute Gasteiger partial charge is 0.307 e. The van der Waals surface area contributed by atoms with Gasteiger partial charge in [0.1, 0.15) is 0 Å². The van der Waals surface area contributed by atoms with Gasteiger partial charge < -0.3 is 5.32 Å². The third kappa shape index (κ3) is 2.94. The first kappa shape index (κ1) is 13.6. The molecule has 0 aliphatic heterocycles. The van der Waals surface area contributed by atoms with Gasteiger partial charge in [-0.05, 0) is 44.9 Å². The SMILES string of the molecule is Cc1nn(C)cc1C(C)NC1CCC(C)C(C)C1. The van der Waals surface area contributed by atoms with E-state index in [1.807, 2.05) is 11.7 Å². The van der Waals surface area contributed by atoms with E-state index in [1.54, 1.807) is 0 Å². The van der Waals surface area contributed by atoms with E-state index in [2.05, 4.69) is 44.3 Å². The van der Waals surface area contributed by atoms with Crippen molar-refractivity contribution in [1.29, 1.82) is 0 Å². The van der Waals surface area contributed by atoms with Crippen LogP contribution in [0.25, 0.3) is 0 Å². The van der Waals surface area contributed by atoms with E-state index in [1.165, 1.54) is 24.8 Å². The summed E-state index contributed by atoms with van der Waals surface area (Å²) < 4.78 is 1.91. The van der Waals surface area contributed by atoms with Crippen molar-refractivity contribution in [3.63, 3.8) is 0 Å². The molecule has 0 spiro atoms. The molecule has 0 amide bonds. The van der Waals surface area contributed by atoms with Crippen LogP contribution in [0, 0.1) is 18.8 Å². The van der Waals surface area contributed by atoms with E-state index in [-0.39, 0.29) is 0 Å². The van der Waals surface area contributed by atoms with Crippen LogP contribution in [0.5, 0.6) is 0 Å². The summed E-state index contributed by atoms with van der Waals surface area (Å²) in [5.41, 5.74) is 2.48. The Morgan fingerprint density at radius 1 is 1.33 bits per heavy atom. The van der Waals surface area contributed by atoms with Crippen molar-refractivity contribution in [1.82, 2.24) is 15.1 Å². The van der Waals surface area contributed by atoms with Gasteiger partial charge in [-0.25, -0.2) is 0 Å². The summed E-state index contributed by atoms with van der Waals surface area (Å²) in [6, 6.07) is 1.08. The molecular formula is C15H27N3. The van der Waals surface area contributed by atoms with Gasteiger partial charge in [-0.3, -0.25) is 4.68 Å². The Morgan fingerprint density at radius 2 is 2.06 bits per heavy atom. The number of hydrogen-bond acceptors (Lipinski definition) is 2. The van der Waals surface area contributed by atoms with Crippen LogP contribution in [0.2, 0.25) is 0 Å². The first-order valence-corrected chi connectivity index (χ1v) is 7.23. The van der Waals surface area contributed by atoms with Crippen molar-refractivity contribution in [2.45, 2.75) is 59.0 Å². The van der Waals surface area contributed by atoms with Crippen molar-refractivity contribution in [2.75, 3.05) is 0 Å². The summed E-state index contributed by atoms with van der Waals surface area (Å²) in [5.74, 6) is 1.73. The van der Waals surface area contributed by atoms with Crippen molar-refractivity contribution in [3.8, 4) is 0 Å². The van der Waals surface area contributed by atoms with Crippen LogP contribution in [0.15, 0.2) is 6.20 Å². The average Bonchev–Trinajstić information content (AvgIpc) is 2.63. The van der Waals surface area contributed by atoms with E-state index < -0.39 is 0 Å². The van der Waals surface area contributed by atoms with Crippen molar-refractivity contribution >= 4 is 0 Å². The highest BCUT2D eigenvalue weighted by Crippen LogP contribution is 2.30. The molecule has 0 bridgehead atoms. The van der Waals surface area contributed by atoms with Gasteiger partial charge in [0.15, 0.2) is 0 Å². The summed E-state index contributed by atoms with van der Waals surface area (Å²) >= 11 is 0. The molecular weight excluding hydrogens is 222 g/mol. The molecule has 1 aromatic rings. The summed E-state index contributed by atoms with van der Waals surface area (Å²) in [5, 5.41) is 8.22. The molecule has 0 aromatic carbocycles. The normalized spacial score (nSPS) is 30.4. The lowest BCUT2D eigenvalue weighted by Gasteiger charge is -2.34. The Morgan fingerprint density at radius 3 is 2.61 bits per heavy atom. The Labute approximate surface area is 111 Å². The van der Waals surface area contributed by atoms with Crippen molar-refractivity contribution < 1.29 is 0 Å². The van der Waals surface area contributed by atoms with Gasteiger partial charge in [0.25, 0.3) is 0 Å². The van der Waals surface area contributed by atoms with E-state index in [0.717, 1.165) is 17.5 Å². The minimum absolute atomic E-state index is 0.407. The number of nitrogens with zero attached hydrogens (tertiary/aromatic N) is 2. The highest BCUT2D eigenvalue weighted by molar-refractivity contribution is 5.19. The van der Waals surface area contributed by atoms with Crippen LogP contribution in [-0.2, 0) is 7.05 Å². The minimum Gasteiger partial charge on any atom is -0.307 e. The van der Waals surface area contributed by atoms with Crippen LogP contribution >= 0.6 is 0 Å². The van der Waals surface area contributed by atoms with Crippen molar-refractivity contribution in [3.05, 3.63) is 17.5 Å². The summed E-state index contributed by atoms with van der Waals surface area (Å²) in [4.78, 5) is 0. The number of hydrogen-bond donors (Lipinski definition) is 1. The standard InChI is InChI=1S/C15H27N3/c1-10-6-7-14(8-11(10)2)16-12(3)15-9-18(5)17-13(15)4/h9-12,14,16H,6-8H2,1-5H3. The third-order valence-corrected chi connectivity index (χ3v) is 4.60. The van der Waals surface area contributed by atoms with Crippen LogP contribution in [0.1, 0.15) is 57.3 Å². The second kappa shape index (κ2) is 5.43. The molecule has 4 unspecified atom stereocenters. The van der Waals surface area contributed by atoms with Crippen molar-refractivity contribution in [2.24, 2.45) is 18.9 Å². The van der Waals surface area contributed by atoms with Gasteiger partial charge in [-0.1, -0.05) is 13.8 Å². The molecule has 1 saturated carbocycles. The van der Waals surface area contributed by atoms with Gasteiger partial charge in [-0.2, -0.15) is 5.10 Å². The molecule has 1 heterocycles. The van der Waals surface area contributed by atoms with E-state index in [4.69, 9.17) is 0 Å². The van der Waals surface area contributed by atoms with E-state index in [0.29, 0.717) is 12.1 Å². The maximum absolute atomic E-state index is 4.43. The van der Waals surface area contributed by atoms with Crippen LogP contribution < -0.4 is 5.32 Å². The molecule has 1 N–H and O–H groups in total. The van der Waals surface area contributed by atoms with Crippen LogP contribution in [0.3, 0.4) is 0 Å². The Balaban J connectivity index is 1.95. The molecule has 3 heteroatoms. The summed E-state index contributed by atoms with van der Waals surface area (Å²) in [6.07, 6.45) is 6.12. The maximum Gasteiger partial charge on any atom is 0.0641 e. The average molecular weight is 249 g/mol. The molecule has 4 atom stereocenters. The first-order chi connectivity index (χ1) is 8.47. The Bertz CT molecular complexity index is 396. The lowest BCUT2D eigenvalue weighted by Crippen LogP contribution is -2.37. The third-order valence-electron chi connectivity index (χ3n) is 4.60. The lowest BCUT2D eigenvalue weighted by molar-refractivity contribution is 0.217. The molecule has 1 aromatic heterocycles.